The molecule has 0 fully saturated rings. The number of hydrogen-bond acceptors (Lipinski definition) is 5. The molecule has 5 nitrogen and oxygen atoms in total. The zero-order valence-corrected chi connectivity index (χ0v) is 48.6. The van der Waals surface area contributed by atoms with Crippen molar-refractivity contribution in [1.82, 2.24) is 0 Å². The predicted molar refractivity (Wildman–Crippen MR) is 325 cm³/mol. The van der Waals surface area contributed by atoms with E-state index in [0.29, 0.717) is 12.8 Å². The van der Waals surface area contributed by atoms with E-state index in [-0.39, 0.29) is 25.2 Å². The Morgan fingerprint density at radius 1 is 0.324 bits per heavy atom. The fourth-order valence-corrected chi connectivity index (χ4v) is 8.90. The van der Waals surface area contributed by atoms with Crippen LogP contribution in [0.1, 0.15) is 296 Å². The number of rotatable bonds is 57. The summed E-state index contributed by atoms with van der Waals surface area (Å²) in [7, 11) is 0. The fraction of sp³-hybridized carbons (Fsp3) is 0.710. The Morgan fingerprint density at radius 2 is 0.581 bits per heavy atom. The van der Waals surface area contributed by atoms with E-state index in [1.54, 1.807) is 0 Å². The van der Waals surface area contributed by atoms with Crippen molar-refractivity contribution in [2.45, 2.75) is 302 Å². The lowest BCUT2D eigenvalue weighted by molar-refractivity contribution is -0.161. The molecule has 0 rings (SSSR count). The summed E-state index contributed by atoms with van der Waals surface area (Å²) < 4.78 is 10.7. The highest BCUT2D eigenvalue weighted by Gasteiger charge is 2.16. The van der Waals surface area contributed by atoms with Crippen molar-refractivity contribution in [2.24, 2.45) is 0 Å². The third kappa shape index (κ3) is 61.1. The van der Waals surface area contributed by atoms with Crippen molar-refractivity contribution >= 4 is 11.9 Å². The number of aliphatic hydroxyl groups excluding tert-OH is 1. The number of ether oxygens (including phenoxy) is 2. The highest BCUT2D eigenvalue weighted by atomic mass is 16.6. The third-order valence-electron chi connectivity index (χ3n) is 13.6. The molecule has 0 aromatic heterocycles. The van der Waals surface area contributed by atoms with Gasteiger partial charge in [-0.3, -0.25) is 9.59 Å². The van der Waals surface area contributed by atoms with Crippen molar-refractivity contribution in [3.63, 3.8) is 0 Å². The summed E-state index contributed by atoms with van der Waals surface area (Å²) >= 11 is 0. The van der Waals surface area contributed by atoms with Crippen molar-refractivity contribution < 1.29 is 24.2 Å². The first-order valence-corrected chi connectivity index (χ1v) is 31.4. The summed E-state index contributed by atoms with van der Waals surface area (Å²) in [4.78, 5) is 24.6. The number of aliphatic hydroxyl groups is 1. The first-order valence-electron chi connectivity index (χ1n) is 31.4. The van der Waals surface area contributed by atoms with Crippen LogP contribution in [0.3, 0.4) is 0 Å². The quantitative estimate of drug-likeness (QED) is 0.0373. The second kappa shape index (κ2) is 63.8. The Balaban J connectivity index is 3.51. The Kier molecular flexibility index (Phi) is 60.9. The van der Waals surface area contributed by atoms with Gasteiger partial charge in [-0.1, -0.05) is 309 Å². The molecule has 1 N–H and O–H groups in total. The Hall–Kier alpha value is -3.44. The molecule has 0 aliphatic heterocycles. The van der Waals surface area contributed by atoms with E-state index in [9.17, 15) is 14.7 Å². The van der Waals surface area contributed by atoms with Gasteiger partial charge >= 0.3 is 11.9 Å². The summed E-state index contributed by atoms with van der Waals surface area (Å²) in [5, 5.41) is 9.67. The minimum atomic E-state index is -0.776. The third-order valence-corrected chi connectivity index (χ3v) is 13.6. The van der Waals surface area contributed by atoms with Gasteiger partial charge < -0.3 is 14.6 Å². The van der Waals surface area contributed by atoms with Gasteiger partial charge in [-0.05, 0) is 83.5 Å². The molecule has 5 heteroatoms. The van der Waals surface area contributed by atoms with Crippen LogP contribution in [0.25, 0.3) is 0 Å². The van der Waals surface area contributed by atoms with Crippen LogP contribution in [0.15, 0.2) is 109 Å². The van der Waals surface area contributed by atoms with Gasteiger partial charge in [0.25, 0.3) is 0 Å². The first-order chi connectivity index (χ1) is 36.6. The standard InChI is InChI=1S/C69H118O5/c1-3-5-7-9-11-13-15-17-19-21-23-24-25-26-27-28-29-30-31-32-33-34-35-36-37-38-39-40-41-42-43-44-46-48-50-52-54-56-58-60-62-64-69(72)74-67(65-70)66-73-68(71)63-61-59-57-55-53-51-49-47-45-22-20-18-16-14-12-10-8-6-4-2/h5,7,11,13,17,19,23-24,26-27,29-30,32-33,35-36,38-39,67,70H,3-4,6,8-10,12,14-16,18,20-22,25,28,31,34,37,40-66H2,1-2H3/b7-5-,13-11-,19-17-,24-23-,27-26-,30-29-,33-32-,36-35-,39-38-. The molecule has 0 radical (unpaired) electrons. The van der Waals surface area contributed by atoms with Crippen LogP contribution < -0.4 is 0 Å². The molecule has 0 saturated carbocycles. The fourth-order valence-electron chi connectivity index (χ4n) is 8.90. The Bertz CT molecular complexity index is 1440. The smallest absolute Gasteiger partial charge is 0.306 e. The molecule has 0 spiro atoms. The molecule has 0 aromatic rings. The van der Waals surface area contributed by atoms with Crippen LogP contribution in [0.2, 0.25) is 0 Å². The lowest BCUT2D eigenvalue weighted by atomic mass is 10.0. The number of unbranched alkanes of at least 4 members (excludes halogenated alkanes) is 31. The molecule has 0 aliphatic rings. The molecule has 0 aromatic carbocycles. The van der Waals surface area contributed by atoms with Crippen LogP contribution in [-0.4, -0.2) is 36.4 Å². The van der Waals surface area contributed by atoms with Crippen LogP contribution in [0.5, 0.6) is 0 Å². The molecular weight excluding hydrogens is 909 g/mol. The van der Waals surface area contributed by atoms with E-state index >= 15 is 0 Å². The van der Waals surface area contributed by atoms with Crippen molar-refractivity contribution in [2.75, 3.05) is 13.2 Å². The Labute approximate surface area is 459 Å². The molecule has 1 unspecified atom stereocenters. The minimum absolute atomic E-state index is 0.0659. The van der Waals surface area contributed by atoms with E-state index in [1.165, 1.54) is 173 Å². The molecule has 74 heavy (non-hydrogen) atoms. The zero-order chi connectivity index (χ0) is 53.4. The summed E-state index contributed by atoms with van der Waals surface area (Å²) in [6, 6.07) is 0. The number of carbonyl (C=O) groups excluding carboxylic acids is 2. The minimum Gasteiger partial charge on any atom is -0.462 e. The summed E-state index contributed by atoms with van der Waals surface area (Å²) in [5.41, 5.74) is 0. The van der Waals surface area contributed by atoms with Gasteiger partial charge in [0, 0.05) is 12.8 Å². The van der Waals surface area contributed by atoms with Gasteiger partial charge in [0.15, 0.2) is 6.10 Å². The van der Waals surface area contributed by atoms with Crippen LogP contribution >= 0.6 is 0 Å². The van der Waals surface area contributed by atoms with E-state index < -0.39 is 6.10 Å². The molecule has 0 saturated heterocycles. The largest absolute Gasteiger partial charge is 0.462 e. The maximum atomic E-state index is 12.3. The molecule has 0 aliphatic carbocycles. The van der Waals surface area contributed by atoms with Crippen LogP contribution in [0, 0.1) is 0 Å². The second-order valence-electron chi connectivity index (χ2n) is 20.8. The molecule has 0 amide bonds. The van der Waals surface area contributed by atoms with Crippen LogP contribution in [0.4, 0.5) is 0 Å². The van der Waals surface area contributed by atoms with Gasteiger partial charge in [0.1, 0.15) is 6.61 Å². The summed E-state index contributed by atoms with van der Waals surface area (Å²) in [5.74, 6) is -0.583. The first kappa shape index (κ1) is 70.6. The van der Waals surface area contributed by atoms with Gasteiger partial charge in [0.05, 0.1) is 6.61 Å². The average molecular weight is 1030 g/mol. The van der Waals surface area contributed by atoms with E-state index in [2.05, 4.69) is 123 Å². The van der Waals surface area contributed by atoms with Crippen molar-refractivity contribution in [3.05, 3.63) is 109 Å². The lowest BCUT2D eigenvalue weighted by Gasteiger charge is -2.15. The number of carbonyl (C=O) groups is 2. The Morgan fingerprint density at radius 3 is 0.878 bits per heavy atom. The van der Waals surface area contributed by atoms with Crippen molar-refractivity contribution in [1.29, 1.82) is 0 Å². The monoisotopic (exact) mass is 1030 g/mol. The van der Waals surface area contributed by atoms with Gasteiger partial charge in [-0.2, -0.15) is 0 Å². The maximum absolute atomic E-state index is 12.3. The highest BCUT2D eigenvalue weighted by molar-refractivity contribution is 5.70. The van der Waals surface area contributed by atoms with E-state index in [0.717, 1.165) is 96.3 Å². The summed E-state index contributed by atoms with van der Waals surface area (Å²) in [6.07, 6.45) is 92.3. The van der Waals surface area contributed by atoms with Crippen molar-refractivity contribution in [3.8, 4) is 0 Å². The molecule has 1 atom stereocenters. The number of esters is 2. The van der Waals surface area contributed by atoms with E-state index in [4.69, 9.17) is 9.47 Å². The maximum Gasteiger partial charge on any atom is 0.306 e. The molecular formula is C69H118O5. The predicted octanol–water partition coefficient (Wildman–Crippen LogP) is 21.6. The van der Waals surface area contributed by atoms with E-state index in [1.807, 2.05) is 0 Å². The van der Waals surface area contributed by atoms with Gasteiger partial charge in [-0.15, -0.1) is 0 Å². The normalized spacial score (nSPS) is 13.0. The van der Waals surface area contributed by atoms with Crippen LogP contribution in [-0.2, 0) is 19.1 Å². The van der Waals surface area contributed by atoms with Gasteiger partial charge in [0.2, 0.25) is 0 Å². The zero-order valence-electron chi connectivity index (χ0n) is 48.6. The van der Waals surface area contributed by atoms with Gasteiger partial charge in [-0.25, -0.2) is 0 Å². The SMILES string of the molecule is CC/C=C\C/C=C\C/C=C\C/C=C\C/C=C\C/C=C\C/C=C\C/C=C\C/C=C\CCCCCCCCCCCCCCCC(=O)OC(CO)COC(=O)CCCCCCCCCCCCCCCCCCCCC. The summed E-state index contributed by atoms with van der Waals surface area (Å²) in [6.45, 7) is 4.05. The molecule has 0 bridgehead atoms. The molecule has 424 valence electrons. The second-order valence-corrected chi connectivity index (χ2v) is 20.8. The lowest BCUT2D eigenvalue weighted by Crippen LogP contribution is -2.28. The number of allylic oxidation sites excluding steroid dienone is 18. The molecule has 0 heterocycles. The number of hydrogen-bond donors (Lipinski definition) is 1. The average Bonchev–Trinajstić information content (AvgIpc) is 3.40. The topological polar surface area (TPSA) is 72.8 Å². The highest BCUT2D eigenvalue weighted by Crippen LogP contribution is 2.17.